The molecular weight excluding hydrogens is 242 g/mol. The number of aliphatic hydroxyl groups is 2. The normalized spacial score (nSPS) is 13.9. The second kappa shape index (κ2) is 5.56. The number of nitro groups is 1. The van der Waals surface area contributed by atoms with E-state index in [1.54, 1.807) is 0 Å². The van der Waals surface area contributed by atoms with E-state index in [1.807, 2.05) is 0 Å². The van der Waals surface area contributed by atoms with Crippen LogP contribution >= 0.6 is 0 Å². The Morgan fingerprint density at radius 2 is 2.06 bits per heavy atom. The average molecular weight is 255 g/mol. The van der Waals surface area contributed by atoms with Crippen molar-refractivity contribution in [2.45, 2.75) is 25.6 Å². The van der Waals surface area contributed by atoms with Gasteiger partial charge in [-0.2, -0.15) is 0 Å². The van der Waals surface area contributed by atoms with Crippen molar-refractivity contribution in [3.8, 4) is 0 Å². The zero-order valence-electron chi connectivity index (χ0n) is 9.61. The lowest BCUT2D eigenvalue weighted by molar-refractivity contribution is -0.385. The molecule has 0 aliphatic heterocycles. The molecule has 0 aromatic heterocycles. The van der Waals surface area contributed by atoms with Gasteiger partial charge in [0.25, 0.3) is 5.69 Å². The molecule has 0 amide bonds. The van der Waals surface area contributed by atoms with Crippen LogP contribution in [0.5, 0.6) is 0 Å². The van der Waals surface area contributed by atoms with Crippen LogP contribution in [0.1, 0.15) is 23.7 Å². The number of nitro benzene ring substituents is 1. The molecule has 0 saturated heterocycles. The van der Waals surface area contributed by atoms with Gasteiger partial charge in [0.2, 0.25) is 0 Å². The van der Waals surface area contributed by atoms with Gasteiger partial charge in [-0.25, -0.2) is 0 Å². The fourth-order valence-electron chi connectivity index (χ4n) is 1.58. The zero-order chi connectivity index (χ0) is 13.9. The highest BCUT2D eigenvalue weighted by Crippen LogP contribution is 2.25. The summed E-state index contributed by atoms with van der Waals surface area (Å²) in [6, 6.07) is 3.86. The maximum Gasteiger partial charge on any atom is 0.306 e. The quantitative estimate of drug-likeness (QED) is 0.528. The lowest BCUT2D eigenvalue weighted by Gasteiger charge is -2.16. The van der Waals surface area contributed by atoms with Crippen LogP contribution in [-0.4, -0.2) is 32.3 Å². The summed E-state index contributed by atoms with van der Waals surface area (Å²) in [5, 5.41) is 38.2. The van der Waals surface area contributed by atoms with Crippen LogP contribution in [0.15, 0.2) is 18.2 Å². The average Bonchev–Trinajstić information content (AvgIpc) is 2.26. The summed E-state index contributed by atoms with van der Waals surface area (Å²) in [5.74, 6) is -1.24. The zero-order valence-corrected chi connectivity index (χ0v) is 9.61. The van der Waals surface area contributed by atoms with Crippen molar-refractivity contribution in [3.63, 3.8) is 0 Å². The third kappa shape index (κ3) is 3.25. The minimum Gasteiger partial charge on any atom is -0.481 e. The molecule has 98 valence electrons. The lowest BCUT2D eigenvalue weighted by atomic mass is 10.00. The summed E-state index contributed by atoms with van der Waals surface area (Å²) in [4.78, 5) is 20.4. The van der Waals surface area contributed by atoms with Crippen LogP contribution in [0.4, 0.5) is 5.69 Å². The Kier molecular flexibility index (Phi) is 4.35. The van der Waals surface area contributed by atoms with Gasteiger partial charge in [-0.1, -0.05) is 0 Å². The molecule has 2 unspecified atom stereocenters. The predicted octanol–water partition coefficient (Wildman–Crippen LogP) is 0.772. The Hall–Kier alpha value is -1.99. The SMILES string of the molecule is Cc1cc(C(O)C(O)CC(=O)O)ccc1[N+](=O)[O-]. The van der Waals surface area contributed by atoms with Crippen LogP contribution in [0.2, 0.25) is 0 Å². The molecule has 0 fully saturated rings. The Morgan fingerprint density at radius 1 is 1.44 bits per heavy atom. The summed E-state index contributed by atoms with van der Waals surface area (Å²) in [6.45, 7) is 1.50. The molecule has 18 heavy (non-hydrogen) atoms. The molecule has 3 N–H and O–H groups in total. The van der Waals surface area contributed by atoms with Gasteiger partial charge in [-0.05, 0) is 24.6 Å². The van der Waals surface area contributed by atoms with E-state index in [2.05, 4.69) is 0 Å². The molecule has 0 aliphatic carbocycles. The number of aryl methyl sites for hydroxylation is 1. The van der Waals surface area contributed by atoms with Crippen molar-refractivity contribution in [3.05, 3.63) is 39.4 Å². The van der Waals surface area contributed by atoms with Gasteiger partial charge < -0.3 is 15.3 Å². The first kappa shape index (κ1) is 14.1. The molecule has 1 aromatic carbocycles. The fraction of sp³-hybridized carbons (Fsp3) is 0.364. The number of aliphatic hydroxyl groups excluding tert-OH is 2. The number of benzene rings is 1. The van der Waals surface area contributed by atoms with E-state index in [0.717, 1.165) is 0 Å². The Balaban J connectivity index is 2.93. The van der Waals surface area contributed by atoms with Crippen LogP contribution < -0.4 is 0 Å². The van der Waals surface area contributed by atoms with Crippen molar-refractivity contribution in [2.75, 3.05) is 0 Å². The van der Waals surface area contributed by atoms with Crippen molar-refractivity contribution in [1.82, 2.24) is 0 Å². The van der Waals surface area contributed by atoms with E-state index in [4.69, 9.17) is 5.11 Å². The molecule has 7 heteroatoms. The second-order valence-electron chi connectivity index (χ2n) is 3.91. The van der Waals surface area contributed by atoms with Gasteiger partial charge in [0, 0.05) is 11.6 Å². The standard InChI is InChI=1S/C11H13NO6/c1-6-4-7(2-3-8(6)12(17)18)11(16)9(13)5-10(14)15/h2-4,9,11,13,16H,5H2,1H3,(H,14,15). The number of carbonyl (C=O) groups is 1. The van der Waals surface area contributed by atoms with Gasteiger partial charge in [-0.15, -0.1) is 0 Å². The Bertz CT molecular complexity index is 473. The third-order valence-electron chi connectivity index (χ3n) is 2.51. The number of carboxylic acid groups (broad SMARTS) is 1. The highest BCUT2D eigenvalue weighted by molar-refractivity contribution is 5.67. The predicted molar refractivity (Wildman–Crippen MR) is 61.1 cm³/mol. The summed E-state index contributed by atoms with van der Waals surface area (Å²) >= 11 is 0. The van der Waals surface area contributed by atoms with Gasteiger partial charge in [0.05, 0.1) is 17.4 Å². The van der Waals surface area contributed by atoms with E-state index in [0.29, 0.717) is 5.56 Å². The largest absolute Gasteiger partial charge is 0.481 e. The summed E-state index contributed by atoms with van der Waals surface area (Å²) in [5.41, 5.74) is 0.476. The van der Waals surface area contributed by atoms with Crippen LogP contribution in [0.25, 0.3) is 0 Å². The highest BCUT2D eigenvalue weighted by atomic mass is 16.6. The smallest absolute Gasteiger partial charge is 0.306 e. The Morgan fingerprint density at radius 3 is 2.50 bits per heavy atom. The van der Waals surface area contributed by atoms with Gasteiger partial charge in [0.1, 0.15) is 6.10 Å². The molecule has 1 rings (SSSR count). The van der Waals surface area contributed by atoms with Gasteiger partial charge in [-0.3, -0.25) is 14.9 Å². The van der Waals surface area contributed by atoms with Crippen LogP contribution in [-0.2, 0) is 4.79 Å². The maximum absolute atomic E-state index is 10.6. The highest BCUT2D eigenvalue weighted by Gasteiger charge is 2.22. The van der Waals surface area contributed by atoms with E-state index < -0.39 is 29.5 Å². The third-order valence-corrected chi connectivity index (χ3v) is 2.51. The molecular formula is C11H13NO6. The number of rotatable bonds is 5. The fourth-order valence-corrected chi connectivity index (χ4v) is 1.58. The molecule has 0 bridgehead atoms. The molecule has 0 radical (unpaired) electrons. The van der Waals surface area contributed by atoms with Gasteiger partial charge in [0.15, 0.2) is 0 Å². The number of hydrogen-bond donors (Lipinski definition) is 3. The van der Waals surface area contributed by atoms with Crippen molar-refractivity contribution < 1.29 is 25.0 Å². The molecule has 0 aliphatic rings. The molecule has 2 atom stereocenters. The van der Waals surface area contributed by atoms with Crippen molar-refractivity contribution >= 4 is 11.7 Å². The van der Waals surface area contributed by atoms with E-state index in [-0.39, 0.29) is 11.3 Å². The first-order valence-corrected chi connectivity index (χ1v) is 5.15. The number of nitrogens with zero attached hydrogens (tertiary/aromatic N) is 1. The molecule has 1 aromatic rings. The van der Waals surface area contributed by atoms with Crippen LogP contribution in [0.3, 0.4) is 0 Å². The minimum atomic E-state index is -1.46. The summed E-state index contributed by atoms with van der Waals surface area (Å²) < 4.78 is 0. The van der Waals surface area contributed by atoms with E-state index in [9.17, 15) is 25.1 Å². The molecule has 7 nitrogen and oxygen atoms in total. The monoisotopic (exact) mass is 255 g/mol. The number of hydrogen-bond acceptors (Lipinski definition) is 5. The van der Waals surface area contributed by atoms with Crippen molar-refractivity contribution in [1.29, 1.82) is 0 Å². The maximum atomic E-state index is 10.6. The summed E-state index contributed by atoms with van der Waals surface area (Å²) in [7, 11) is 0. The lowest BCUT2D eigenvalue weighted by Crippen LogP contribution is -2.21. The minimum absolute atomic E-state index is 0.0984. The van der Waals surface area contributed by atoms with E-state index in [1.165, 1.54) is 25.1 Å². The first-order valence-electron chi connectivity index (χ1n) is 5.15. The molecule has 0 heterocycles. The second-order valence-corrected chi connectivity index (χ2v) is 3.91. The number of carboxylic acids is 1. The Labute approximate surface area is 102 Å². The number of aliphatic carboxylic acids is 1. The van der Waals surface area contributed by atoms with E-state index >= 15 is 0 Å². The summed E-state index contributed by atoms with van der Waals surface area (Å²) in [6.07, 6.45) is -3.44. The van der Waals surface area contributed by atoms with Crippen LogP contribution in [0, 0.1) is 17.0 Å². The van der Waals surface area contributed by atoms with Gasteiger partial charge >= 0.3 is 5.97 Å². The van der Waals surface area contributed by atoms with Crippen molar-refractivity contribution in [2.24, 2.45) is 0 Å². The molecule has 0 saturated carbocycles. The molecule has 0 spiro atoms. The first-order chi connectivity index (χ1) is 8.32. The topological polar surface area (TPSA) is 121 Å².